The Labute approximate surface area is 226 Å². The second kappa shape index (κ2) is 13.9. The minimum Gasteiger partial charge on any atom is -0.400 e. The summed E-state index contributed by atoms with van der Waals surface area (Å²) >= 11 is 0. The molecule has 4 aromatic rings. The van der Waals surface area contributed by atoms with Crippen LogP contribution in [0.5, 0.6) is 0 Å². The van der Waals surface area contributed by atoms with Gasteiger partial charge in [-0.1, -0.05) is 67.6 Å². The van der Waals surface area contributed by atoms with E-state index in [2.05, 4.69) is 94.5 Å². The lowest BCUT2D eigenvalue weighted by Crippen LogP contribution is -2.29. The van der Waals surface area contributed by atoms with Crippen molar-refractivity contribution in [1.29, 1.82) is 0 Å². The van der Waals surface area contributed by atoms with Crippen molar-refractivity contribution in [1.82, 2.24) is 19.9 Å². The zero-order valence-corrected chi connectivity index (χ0v) is 22.5. The molecule has 2 aromatic heterocycles. The first-order valence-electron chi connectivity index (χ1n) is 12.7. The number of piperidine rings is 1. The number of imidazole rings is 1. The molecule has 0 spiro atoms. The predicted molar refractivity (Wildman–Crippen MR) is 158 cm³/mol. The fraction of sp³-hybridized carbons (Fsp3) is 0.250. The van der Waals surface area contributed by atoms with Crippen molar-refractivity contribution in [2.45, 2.75) is 33.1 Å². The summed E-state index contributed by atoms with van der Waals surface area (Å²) in [7, 11) is 1.00. The van der Waals surface area contributed by atoms with Crippen LogP contribution in [0.1, 0.15) is 49.0 Å². The van der Waals surface area contributed by atoms with E-state index in [1.54, 1.807) is 6.33 Å². The first-order valence-corrected chi connectivity index (χ1v) is 12.7. The standard InChI is InChI=1S/C30H30N4.CH4O.CH2O.H2/c1-4-22-11-7-9-13-25(22)29(24-12-8-6-10-21(24)3)23-14-16-34(17-15-23)28(5-2)26-18-31-19-27-30(26)33-20-32-27;2*1-2;/h6-13,18-20H,2,4,14-17H2,1,3H3,(H,32,33);2H,1H3;1H2;1H. The van der Waals surface area contributed by atoms with Gasteiger partial charge in [-0.2, -0.15) is 0 Å². The number of rotatable bonds is 5. The summed E-state index contributed by atoms with van der Waals surface area (Å²) in [6.07, 6.45) is 8.41. The number of aliphatic hydroxyl groups is 1. The van der Waals surface area contributed by atoms with E-state index in [-0.39, 0.29) is 1.43 Å². The van der Waals surface area contributed by atoms with Crippen molar-refractivity contribution < 1.29 is 11.3 Å². The summed E-state index contributed by atoms with van der Waals surface area (Å²) in [6.45, 7) is 12.3. The van der Waals surface area contributed by atoms with Crippen LogP contribution in [0.4, 0.5) is 0 Å². The third-order valence-corrected chi connectivity index (χ3v) is 6.87. The molecule has 0 amide bonds. The van der Waals surface area contributed by atoms with Crippen LogP contribution >= 0.6 is 0 Å². The monoisotopic (exact) mass is 510 g/mol. The van der Waals surface area contributed by atoms with Gasteiger partial charge >= 0.3 is 0 Å². The molecule has 1 fully saturated rings. The highest BCUT2D eigenvalue weighted by atomic mass is 16.2. The summed E-state index contributed by atoms with van der Waals surface area (Å²) < 4.78 is 0. The summed E-state index contributed by atoms with van der Waals surface area (Å²) in [5.74, 6) is 0. The minimum absolute atomic E-state index is 0. The number of benzene rings is 2. The molecule has 2 N–H and O–H groups in total. The number of pyridine rings is 1. The van der Waals surface area contributed by atoms with Gasteiger partial charge < -0.3 is 19.8 Å². The Morgan fingerprint density at radius 3 is 2.34 bits per heavy atom. The molecule has 6 heteroatoms. The zero-order valence-electron chi connectivity index (χ0n) is 22.5. The average molecular weight is 511 g/mol. The first-order chi connectivity index (χ1) is 18.7. The molecule has 38 heavy (non-hydrogen) atoms. The number of aliphatic hydroxyl groups excluding tert-OH is 1. The van der Waals surface area contributed by atoms with E-state index >= 15 is 0 Å². The van der Waals surface area contributed by atoms with E-state index in [0.717, 1.165) is 61.8 Å². The summed E-state index contributed by atoms with van der Waals surface area (Å²) in [6, 6.07) is 17.6. The third-order valence-electron chi connectivity index (χ3n) is 6.87. The molecule has 2 aromatic carbocycles. The molecule has 1 aliphatic rings. The maximum absolute atomic E-state index is 8.00. The Morgan fingerprint density at radius 2 is 1.68 bits per heavy atom. The molecule has 5 rings (SSSR count). The molecule has 0 atom stereocenters. The number of hydrogen-bond acceptors (Lipinski definition) is 5. The van der Waals surface area contributed by atoms with Gasteiger partial charge in [-0.25, -0.2) is 4.98 Å². The topological polar surface area (TPSA) is 82.1 Å². The molecule has 1 aliphatic heterocycles. The molecule has 3 heterocycles. The second-order valence-electron chi connectivity index (χ2n) is 8.80. The van der Waals surface area contributed by atoms with Gasteiger partial charge in [0.25, 0.3) is 0 Å². The van der Waals surface area contributed by atoms with Crippen LogP contribution in [-0.2, 0) is 11.2 Å². The van der Waals surface area contributed by atoms with Gasteiger partial charge in [0.2, 0.25) is 0 Å². The van der Waals surface area contributed by atoms with Gasteiger partial charge in [-0.15, -0.1) is 5.73 Å². The van der Waals surface area contributed by atoms with Crippen molar-refractivity contribution >= 4 is 29.1 Å². The number of aryl methyl sites for hydroxylation is 2. The number of carbonyl (C=O) groups excluding carboxylic acids is 1. The lowest BCUT2D eigenvalue weighted by Gasteiger charge is -2.33. The maximum Gasteiger partial charge on any atom is 0.106 e. The number of hydrogen-bond donors (Lipinski definition) is 2. The number of fused-ring (bicyclic) bond motifs is 1. The highest BCUT2D eigenvalue weighted by molar-refractivity contribution is 5.88. The quantitative estimate of drug-likeness (QED) is 0.311. The second-order valence-corrected chi connectivity index (χ2v) is 8.80. The van der Waals surface area contributed by atoms with Crippen LogP contribution in [0.15, 0.2) is 85.1 Å². The number of nitrogens with zero attached hydrogens (tertiary/aromatic N) is 3. The smallest absolute Gasteiger partial charge is 0.106 e. The molecule has 198 valence electrons. The Kier molecular flexibility index (Phi) is 10.4. The maximum atomic E-state index is 8.00. The first kappa shape index (κ1) is 28.3. The fourth-order valence-electron chi connectivity index (χ4n) is 5.12. The van der Waals surface area contributed by atoms with Crippen LogP contribution < -0.4 is 0 Å². The fourth-order valence-corrected chi connectivity index (χ4v) is 5.12. The minimum atomic E-state index is 0. The lowest BCUT2D eigenvalue weighted by molar-refractivity contribution is -0.0980. The van der Waals surface area contributed by atoms with E-state index in [4.69, 9.17) is 9.90 Å². The molecule has 6 nitrogen and oxygen atoms in total. The number of carbonyl (C=O) groups is 1. The molecule has 0 saturated carbocycles. The van der Waals surface area contributed by atoms with Gasteiger partial charge in [-0.3, -0.25) is 4.98 Å². The van der Waals surface area contributed by atoms with Crippen LogP contribution in [0.25, 0.3) is 22.3 Å². The van der Waals surface area contributed by atoms with Crippen molar-refractivity contribution in [2.24, 2.45) is 0 Å². The van der Waals surface area contributed by atoms with Crippen molar-refractivity contribution in [3.05, 3.63) is 113 Å². The van der Waals surface area contributed by atoms with E-state index in [9.17, 15) is 0 Å². The third kappa shape index (κ3) is 5.83. The summed E-state index contributed by atoms with van der Waals surface area (Å²) in [4.78, 5) is 22.5. The molecular weight excluding hydrogens is 472 g/mol. The summed E-state index contributed by atoms with van der Waals surface area (Å²) in [5, 5.41) is 7.00. The van der Waals surface area contributed by atoms with Gasteiger partial charge in [0.15, 0.2) is 0 Å². The SMILES string of the molecule is C=C=C(c1cncc2[nH]cnc12)N1CCC(=C(c2ccccc2C)c2ccccc2CC)CC1.C=O.CO.[HH]. The number of likely N-dealkylation sites (tertiary alicyclic amines) is 1. The normalized spacial score (nSPS) is 12.5. The van der Waals surface area contributed by atoms with Crippen molar-refractivity contribution in [3.8, 4) is 0 Å². The van der Waals surface area contributed by atoms with Gasteiger partial charge in [0, 0.05) is 27.8 Å². The Morgan fingerprint density at radius 1 is 1.03 bits per heavy atom. The molecular formula is C32H38N4O2. The number of aromatic amines is 1. The van der Waals surface area contributed by atoms with Gasteiger partial charge in [0.05, 0.1) is 29.3 Å². The Bertz CT molecular complexity index is 1440. The Balaban J connectivity index is 0.00000102. The van der Waals surface area contributed by atoms with Gasteiger partial charge in [-0.05, 0) is 54.0 Å². The predicted octanol–water partition coefficient (Wildman–Crippen LogP) is 6.22. The van der Waals surface area contributed by atoms with E-state index < -0.39 is 0 Å². The molecule has 0 aliphatic carbocycles. The van der Waals surface area contributed by atoms with Crippen molar-refractivity contribution in [2.75, 3.05) is 20.2 Å². The molecule has 1 saturated heterocycles. The van der Waals surface area contributed by atoms with Crippen molar-refractivity contribution in [3.63, 3.8) is 0 Å². The summed E-state index contributed by atoms with van der Waals surface area (Å²) in [5.41, 5.74) is 15.4. The van der Waals surface area contributed by atoms with Crippen LogP contribution in [0.3, 0.4) is 0 Å². The van der Waals surface area contributed by atoms with Crippen LogP contribution in [0, 0.1) is 6.92 Å². The van der Waals surface area contributed by atoms with E-state index in [1.807, 2.05) is 19.2 Å². The highest BCUT2D eigenvalue weighted by Crippen LogP contribution is 2.37. The number of H-pyrrole nitrogens is 1. The van der Waals surface area contributed by atoms with E-state index in [1.165, 1.54) is 33.4 Å². The average Bonchev–Trinajstić information content (AvgIpc) is 3.48. The number of nitrogens with one attached hydrogen (secondary N) is 1. The lowest BCUT2D eigenvalue weighted by atomic mass is 9.84. The zero-order chi connectivity index (χ0) is 27.5. The highest BCUT2D eigenvalue weighted by Gasteiger charge is 2.24. The molecule has 0 bridgehead atoms. The van der Waals surface area contributed by atoms with Crippen LogP contribution in [0.2, 0.25) is 0 Å². The number of aromatic nitrogens is 3. The molecule has 0 unspecified atom stereocenters. The van der Waals surface area contributed by atoms with E-state index in [0.29, 0.717) is 0 Å². The largest absolute Gasteiger partial charge is 0.400 e. The van der Waals surface area contributed by atoms with Crippen LogP contribution in [-0.4, -0.2) is 51.9 Å². The Hall–Kier alpha value is -4.25. The molecule has 0 radical (unpaired) electrons. The van der Waals surface area contributed by atoms with Gasteiger partial charge in [0.1, 0.15) is 12.3 Å².